The fraction of sp³-hybridized carbons (Fsp3) is 0.647. The van der Waals surface area contributed by atoms with Gasteiger partial charge in [-0.15, -0.1) is 0 Å². The van der Waals surface area contributed by atoms with Gasteiger partial charge in [0.25, 0.3) is 0 Å². The molecule has 1 N–H and O–H groups in total. The molecule has 0 spiro atoms. The van der Waals surface area contributed by atoms with E-state index in [1.54, 1.807) is 7.11 Å². The molecule has 1 aliphatic heterocycles. The Kier molecular flexibility index (Phi) is 4.51. The van der Waals surface area contributed by atoms with E-state index in [1.807, 2.05) is 0 Å². The van der Waals surface area contributed by atoms with Crippen LogP contribution >= 0.6 is 0 Å². The first-order chi connectivity index (χ1) is 9.08. The summed E-state index contributed by atoms with van der Waals surface area (Å²) < 4.78 is 5.58. The van der Waals surface area contributed by atoms with Crippen molar-refractivity contribution in [2.24, 2.45) is 0 Å². The first-order valence-electron chi connectivity index (χ1n) is 7.47. The molecule has 1 aromatic rings. The molecule has 1 saturated heterocycles. The zero-order chi connectivity index (χ0) is 13.9. The normalized spacial score (nSPS) is 17.5. The SMILES string of the molecule is CCC(C)(C)c1ccc(OC)c(C2CCNCC2)c1. The van der Waals surface area contributed by atoms with Gasteiger partial charge in [0.2, 0.25) is 0 Å². The van der Waals surface area contributed by atoms with E-state index in [0.717, 1.165) is 25.3 Å². The average Bonchev–Trinajstić information content (AvgIpc) is 2.47. The van der Waals surface area contributed by atoms with E-state index in [4.69, 9.17) is 4.74 Å². The molecule has 0 unspecified atom stereocenters. The van der Waals surface area contributed by atoms with Crippen molar-refractivity contribution in [1.82, 2.24) is 5.32 Å². The molecule has 106 valence electrons. The van der Waals surface area contributed by atoms with Gasteiger partial charge in [-0.3, -0.25) is 0 Å². The van der Waals surface area contributed by atoms with Crippen LogP contribution in [0.2, 0.25) is 0 Å². The van der Waals surface area contributed by atoms with E-state index in [0.29, 0.717) is 5.92 Å². The summed E-state index contributed by atoms with van der Waals surface area (Å²) in [5, 5.41) is 3.44. The fourth-order valence-electron chi connectivity index (χ4n) is 2.81. The standard InChI is InChI=1S/C17H27NO/c1-5-17(2,3)14-6-7-16(19-4)15(12-14)13-8-10-18-11-9-13/h6-7,12-13,18H,5,8-11H2,1-4H3. The maximum absolute atomic E-state index is 5.58. The Hall–Kier alpha value is -1.02. The maximum atomic E-state index is 5.58. The summed E-state index contributed by atoms with van der Waals surface area (Å²) in [4.78, 5) is 0. The third-order valence-electron chi connectivity index (χ3n) is 4.67. The van der Waals surface area contributed by atoms with Crippen molar-refractivity contribution in [3.8, 4) is 5.75 Å². The van der Waals surface area contributed by atoms with Crippen molar-refractivity contribution in [2.75, 3.05) is 20.2 Å². The minimum absolute atomic E-state index is 0.244. The van der Waals surface area contributed by atoms with Gasteiger partial charge in [0.1, 0.15) is 5.75 Å². The van der Waals surface area contributed by atoms with Crippen LogP contribution in [0, 0.1) is 0 Å². The van der Waals surface area contributed by atoms with Gasteiger partial charge in [0.05, 0.1) is 7.11 Å². The van der Waals surface area contributed by atoms with Gasteiger partial charge in [-0.1, -0.05) is 32.9 Å². The lowest BCUT2D eigenvalue weighted by molar-refractivity contribution is 0.390. The summed E-state index contributed by atoms with van der Waals surface area (Å²) >= 11 is 0. The van der Waals surface area contributed by atoms with Crippen LogP contribution in [0.15, 0.2) is 18.2 Å². The van der Waals surface area contributed by atoms with Gasteiger partial charge >= 0.3 is 0 Å². The molecule has 2 heteroatoms. The predicted molar refractivity (Wildman–Crippen MR) is 81.2 cm³/mol. The topological polar surface area (TPSA) is 21.3 Å². The number of ether oxygens (including phenoxy) is 1. The zero-order valence-electron chi connectivity index (χ0n) is 12.8. The lowest BCUT2D eigenvalue weighted by atomic mass is 9.79. The Morgan fingerprint density at radius 3 is 2.53 bits per heavy atom. The molecule has 0 aliphatic carbocycles. The largest absolute Gasteiger partial charge is 0.496 e. The molecule has 2 nitrogen and oxygen atoms in total. The number of rotatable bonds is 4. The van der Waals surface area contributed by atoms with Crippen molar-refractivity contribution in [3.63, 3.8) is 0 Å². The van der Waals surface area contributed by atoms with Crippen LogP contribution in [0.25, 0.3) is 0 Å². The number of benzene rings is 1. The molecular weight excluding hydrogens is 234 g/mol. The second-order valence-corrected chi connectivity index (χ2v) is 6.22. The highest BCUT2D eigenvalue weighted by atomic mass is 16.5. The van der Waals surface area contributed by atoms with Gasteiger partial charge in [-0.05, 0) is 60.9 Å². The van der Waals surface area contributed by atoms with Crippen LogP contribution in [0.5, 0.6) is 5.75 Å². The Bertz CT molecular complexity index is 419. The molecule has 1 fully saturated rings. The van der Waals surface area contributed by atoms with Crippen molar-refractivity contribution in [3.05, 3.63) is 29.3 Å². The molecule has 1 aliphatic rings. The van der Waals surface area contributed by atoms with Crippen LogP contribution in [0.3, 0.4) is 0 Å². The van der Waals surface area contributed by atoms with Gasteiger partial charge in [0.15, 0.2) is 0 Å². The van der Waals surface area contributed by atoms with E-state index < -0.39 is 0 Å². The van der Waals surface area contributed by atoms with Gasteiger partial charge in [-0.2, -0.15) is 0 Å². The minimum atomic E-state index is 0.244. The molecule has 0 saturated carbocycles. The summed E-state index contributed by atoms with van der Waals surface area (Å²) in [6, 6.07) is 6.77. The minimum Gasteiger partial charge on any atom is -0.496 e. The van der Waals surface area contributed by atoms with Crippen molar-refractivity contribution in [1.29, 1.82) is 0 Å². The van der Waals surface area contributed by atoms with Gasteiger partial charge in [-0.25, -0.2) is 0 Å². The smallest absolute Gasteiger partial charge is 0.122 e. The van der Waals surface area contributed by atoms with E-state index >= 15 is 0 Å². The summed E-state index contributed by atoms with van der Waals surface area (Å²) in [6.45, 7) is 9.14. The summed E-state index contributed by atoms with van der Waals surface area (Å²) in [7, 11) is 1.78. The van der Waals surface area contributed by atoms with Crippen LogP contribution in [-0.4, -0.2) is 20.2 Å². The monoisotopic (exact) mass is 261 g/mol. The number of hydrogen-bond donors (Lipinski definition) is 1. The second kappa shape index (κ2) is 5.96. The van der Waals surface area contributed by atoms with Crippen molar-refractivity contribution >= 4 is 0 Å². The lowest BCUT2D eigenvalue weighted by Gasteiger charge is -2.28. The Morgan fingerprint density at radius 2 is 1.95 bits per heavy atom. The van der Waals surface area contributed by atoms with Crippen molar-refractivity contribution < 1.29 is 4.74 Å². The van der Waals surface area contributed by atoms with Crippen LogP contribution in [-0.2, 0) is 5.41 Å². The summed E-state index contributed by atoms with van der Waals surface area (Å²) in [6.07, 6.45) is 3.59. The average molecular weight is 261 g/mol. The molecule has 0 bridgehead atoms. The van der Waals surface area contributed by atoms with Gasteiger partial charge in [0, 0.05) is 0 Å². The Labute approximate surface area is 117 Å². The van der Waals surface area contributed by atoms with Crippen LogP contribution in [0.1, 0.15) is 57.1 Å². The third-order valence-corrected chi connectivity index (χ3v) is 4.67. The second-order valence-electron chi connectivity index (χ2n) is 6.22. The molecule has 1 heterocycles. The highest BCUT2D eigenvalue weighted by molar-refractivity contribution is 5.42. The van der Waals surface area contributed by atoms with Crippen LogP contribution in [0.4, 0.5) is 0 Å². The number of hydrogen-bond acceptors (Lipinski definition) is 2. The highest BCUT2D eigenvalue weighted by Crippen LogP contribution is 2.37. The first-order valence-corrected chi connectivity index (χ1v) is 7.47. The molecule has 19 heavy (non-hydrogen) atoms. The fourth-order valence-corrected chi connectivity index (χ4v) is 2.81. The van der Waals surface area contributed by atoms with E-state index in [9.17, 15) is 0 Å². The van der Waals surface area contributed by atoms with Crippen molar-refractivity contribution in [2.45, 2.75) is 51.4 Å². The molecular formula is C17H27NO. The molecule has 0 aromatic heterocycles. The zero-order valence-corrected chi connectivity index (χ0v) is 12.8. The third kappa shape index (κ3) is 3.11. The van der Waals surface area contributed by atoms with Gasteiger partial charge < -0.3 is 10.1 Å². The lowest BCUT2D eigenvalue weighted by Crippen LogP contribution is -2.27. The van der Waals surface area contributed by atoms with E-state index in [2.05, 4.69) is 44.3 Å². The molecule has 0 radical (unpaired) electrons. The van der Waals surface area contributed by atoms with E-state index in [-0.39, 0.29) is 5.41 Å². The Morgan fingerprint density at radius 1 is 1.26 bits per heavy atom. The summed E-state index contributed by atoms with van der Waals surface area (Å²) in [5.74, 6) is 1.70. The Balaban J connectivity index is 2.36. The number of piperidine rings is 1. The first kappa shape index (κ1) is 14.4. The highest BCUT2D eigenvalue weighted by Gasteiger charge is 2.23. The molecule has 0 atom stereocenters. The predicted octanol–water partition coefficient (Wildman–Crippen LogP) is 3.85. The van der Waals surface area contributed by atoms with Crippen LogP contribution < -0.4 is 10.1 Å². The number of methoxy groups -OCH3 is 1. The number of nitrogens with one attached hydrogen (secondary N) is 1. The quantitative estimate of drug-likeness (QED) is 0.889. The molecule has 2 rings (SSSR count). The van der Waals surface area contributed by atoms with E-state index in [1.165, 1.54) is 24.0 Å². The molecule has 0 amide bonds. The maximum Gasteiger partial charge on any atom is 0.122 e. The summed E-state index contributed by atoms with van der Waals surface area (Å²) in [5.41, 5.74) is 3.08. The molecule has 1 aromatic carbocycles.